The number of hydrogen-bond donors (Lipinski definition) is 13. The molecule has 0 spiro atoms. The Morgan fingerprint density at radius 2 is 1.60 bits per heavy atom. The van der Waals surface area contributed by atoms with Gasteiger partial charge in [-0.3, -0.25) is 4.52 Å². The number of aliphatic hydroxyl groups is 8. The number of aliphatic hydroxyl groups excluding tert-OH is 8. The summed E-state index contributed by atoms with van der Waals surface area (Å²) in [6.07, 6.45) is -22.2. The molecule has 0 amide bonds. The predicted molar refractivity (Wildman–Crippen MR) is 127 cm³/mol. The normalized spacial score (nSPS) is 45.9. The summed E-state index contributed by atoms with van der Waals surface area (Å²) in [5, 5.41) is 90.1. The van der Waals surface area contributed by atoms with Crippen LogP contribution in [0, 0.1) is 0 Å². The van der Waals surface area contributed by atoms with Gasteiger partial charge in [-0.2, -0.15) is 0 Å². The van der Waals surface area contributed by atoms with Crippen LogP contribution in [-0.2, 0) is 37.6 Å². The van der Waals surface area contributed by atoms with Gasteiger partial charge in [-0.25, -0.2) is 9.36 Å². The third-order valence-electron chi connectivity index (χ3n) is 7.08. The molecule has 3 heterocycles. The molecule has 0 bridgehead atoms. The first-order chi connectivity index (χ1) is 19.4. The molecule has 3 saturated heterocycles. The van der Waals surface area contributed by atoms with E-state index in [4.69, 9.17) is 35.2 Å². The molecule has 22 heteroatoms. The van der Waals surface area contributed by atoms with Crippen LogP contribution in [0.15, 0.2) is 0 Å². The number of phosphoric ester groups is 1. The van der Waals surface area contributed by atoms with E-state index in [2.05, 4.69) is 4.52 Å². The highest BCUT2D eigenvalue weighted by molar-refractivity contribution is 7.46. The molecule has 3 aliphatic heterocycles. The largest absolute Gasteiger partial charge is 0.477 e. The topological polar surface area (TPSA) is 364 Å². The molecule has 0 radical (unpaired) electrons. The Hall–Kier alpha value is -1.02. The van der Waals surface area contributed by atoms with Gasteiger partial charge in [-0.1, -0.05) is 0 Å². The Bertz CT molecular complexity index is 960. The minimum Gasteiger partial charge on any atom is -0.477 e. The fraction of sp³-hybridized carbons (Fsp3) is 0.950. The van der Waals surface area contributed by atoms with Crippen LogP contribution in [0.5, 0.6) is 0 Å². The van der Waals surface area contributed by atoms with E-state index in [1.807, 2.05) is 0 Å². The fourth-order valence-electron chi connectivity index (χ4n) is 4.68. The highest BCUT2D eigenvalue weighted by Crippen LogP contribution is 2.42. The van der Waals surface area contributed by atoms with E-state index in [1.54, 1.807) is 0 Å². The van der Waals surface area contributed by atoms with E-state index in [0.29, 0.717) is 0 Å². The minimum absolute atomic E-state index is 0.641. The lowest BCUT2D eigenvalue weighted by Gasteiger charge is -2.46. The summed E-state index contributed by atoms with van der Waals surface area (Å²) in [6.45, 7) is -2.66. The predicted octanol–water partition coefficient (Wildman–Crippen LogP) is -7.68. The number of rotatable bonds is 11. The van der Waals surface area contributed by atoms with Crippen LogP contribution < -0.4 is 11.5 Å². The van der Waals surface area contributed by atoms with Crippen molar-refractivity contribution in [3.8, 4) is 0 Å². The molecule has 0 aliphatic carbocycles. The molecule has 15 atom stereocenters. The molecule has 3 aliphatic rings. The van der Waals surface area contributed by atoms with Crippen LogP contribution in [0.1, 0.15) is 6.42 Å². The van der Waals surface area contributed by atoms with Crippen molar-refractivity contribution < 1.29 is 93.3 Å². The second-order valence-corrected chi connectivity index (χ2v) is 11.3. The SMILES string of the molecule is N[C@@H]1[C@@H](O)[C@H](O)[C@@H](CO[C@@H]2O[C@H](CO[C@]3(C(=O)O)C[C@@H](O)[C@@H](O)[C@@H]([C@H](O)CO)O3)[C@@H](OP(=O)(O)O)[C@H](O)[C@H]2N)O[C@@H]1O. The lowest BCUT2D eigenvalue weighted by atomic mass is 9.92. The lowest BCUT2D eigenvalue weighted by molar-refractivity contribution is -0.340. The maximum Gasteiger partial charge on any atom is 0.470 e. The van der Waals surface area contributed by atoms with Gasteiger partial charge in [-0.15, -0.1) is 0 Å². The highest BCUT2D eigenvalue weighted by atomic mass is 31.2. The summed E-state index contributed by atoms with van der Waals surface area (Å²) in [6, 6.07) is -2.95. The summed E-state index contributed by atoms with van der Waals surface area (Å²) < 4.78 is 42.9. The van der Waals surface area contributed by atoms with Crippen molar-refractivity contribution in [2.45, 2.75) is 97.9 Å². The Kier molecular flexibility index (Phi) is 11.8. The average Bonchev–Trinajstić information content (AvgIpc) is 2.92. The molecule has 3 rings (SSSR count). The lowest BCUT2D eigenvalue weighted by Crippen LogP contribution is -2.66. The highest BCUT2D eigenvalue weighted by Gasteiger charge is 2.56. The van der Waals surface area contributed by atoms with E-state index in [0.717, 1.165) is 0 Å². The van der Waals surface area contributed by atoms with Gasteiger partial charge in [0.1, 0.15) is 54.9 Å². The van der Waals surface area contributed by atoms with E-state index >= 15 is 0 Å². The Labute approximate surface area is 236 Å². The number of carboxylic acid groups (broad SMARTS) is 1. The van der Waals surface area contributed by atoms with E-state index in [1.165, 1.54) is 0 Å². The van der Waals surface area contributed by atoms with E-state index in [9.17, 15) is 65.1 Å². The number of carboxylic acids is 1. The van der Waals surface area contributed by atoms with Gasteiger partial charge in [-0.05, 0) is 0 Å². The van der Waals surface area contributed by atoms with Crippen molar-refractivity contribution in [3.63, 3.8) is 0 Å². The van der Waals surface area contributed by atoms with Gasteiger partial charge in [0, 0.05) is 6.42 Å². The molecular formula is C20H37N2O19P. The maximum atomic E-state index is 12.2. The van der Waals surface area contributed by atoms with Crippen molar-refractivity contribution >= 4 is 13.8 Å². The van der Waals surface area contributed by atoms with Crippen LogP contribution in [0.4, 0.5) is 0 Å². The van der Waals surface area contributed by atoms with Crippen LogP contribution in [0.25, 0.3) is 0 Å². The van der Waals surface area contributed by atoms with Crippen molar-refractivity contribution in [3.05, 3.63) is 0 Å². The van der Waals surface area contributed by atoms with Gasteiger partial charge in [0.05, 0.1) is 38.0 Å². The summed E-state index contributed by atoms with van der Waals surface area (Å²) in [4.78, 5) is 30.9. The molecule has 246 valence electrons. The molecule has 0 aromatic rings. The molecule has 0 saturated carbocycles. The van der Waals surface area contributed by atoms with Crippen LogP contribution in [0.3, 0.4) is 0 Å². The Balaban J connectivity index is 1.81. The second kappa shape index (κ2) is 14.0. The third-order valence-corrected chi connectivity index (χ3v) is 7.60. The minimum atomic E-state index is -5.35. The zero-order valence-electron chi connectivity index (χ0n) is 21.7. The first kappa shape index (κ1) is 35.5. The van der Waals surface area contributed by atoms with Crippen LogP contribution in [-0.4, -0.2) is 173 Å². The molecule has 21 nitrogen and oxygen atoms in total. The number of carbonyl (C=O) groups is 1. The quantitative estimate of drug-likeness (QED) is 0.0932. The third kappa shape index (κ3) is 7.79. The molecular weight excluding hydrogens is 603 g/mol. The molecule has 0 unspecified atom stereocenters. The first-order valence-electron chi connectivity index (χ1n) is 12.5. The zero-order chi connectivity index (χ0) is 31.7. The fourth-order valence-corrected chi connectivity index (χ4v) is 5.26. The van der Waals surface area contributed by atoms with E-state index < -0.39 is 132 Å². The summed E-state index contributed by atoms with van der Waals surface area (Å²) in [7, 11) is -5.35. The number of nitrogens with two attached hydrogens (primary N) is 2. The molecule has 0 aromatic carbocycles. The smallest absolute Gasteiger partial charge is 0.470 e. The summed E-state index contributed by atoms with van der Waals surface area (Å²) >= 11 is 0. The van der Waals surface area contributed by atoms with Crippen molar-refractivity contribution in [2.24, 2.45) is 11.5 Å². The van der Waals surface area contributed by atoms with Gasteiger partial charge in [0.2, 0.25) is 0 Å². The Morgan fingerprint density at radius 3 is 2.17 bits per heavy atom. The number of ether oxygens (including phenoxy) is 5. The van der Waals surface area contributed by atoms with Gasteiger partial charge < -0.3 is 90.9 Å². The summed E-state index contributed by atoms with van der Waals surface area (Å²) in [5.74, 6) is -4.70. The van der Waals surface area contributed by atoms with Crippen molar-refractivity contribution in [2.75, 3.05) is 19.8 Å². The van der Waals surface area contributed by atoms with Gasteiger partial charge in [0.15, 0.2) is 12.6 Å². The number of phosphoric acid groups is 1. The molecule has 42 heavy (non-hydrogen) atoms. The second-order valence-electron chi connectivity index (χ2n) is 10.1. The Morgan fingerprint density at radius 1 is 0.952 bits per heavy atom. The van der Waals surface area contributed by atoms with Crippen LogP contribution in [0.2, 0.25) is 0 Å². The molecule has 3 fully saturated rings. The first-order valence-corrected chi connectivity index (χ1v) is 14.1. The van der Waals surface area contributed by atoms with Crippen LogP contribution >= 0.6 is 7.82 Å². The van der Waals surface area contributed by atoms with E-state index in [-0.39, 0.29) is 0 Å². The maximum absolute atomic E-state index is 12.2. The standard InChI is InChI=1S/C20H37N2O19P/c21-9-13(28)12(27)7(38-17(9)30)3-36-18-10(22)14(29)16(41-42(33,34)35)8(39-18)4-37-20(19(31)32)1-5(24)11(26)15(40-20)6(25)2-23/h5-18,23-30H,1-4,21-22H2,(H,31,32)(H2,33,34,35)/t5-,6-,7-,8-,9-,10-,11-,12-,13-,14-,15-,16-,17+,18-,20-/m1/s1. The number of aliphatic carboxylic acids is 1. The van der Waals surface area contributed by atoms with Gasteiger partial charge >= 0.3 is 13.8 Å². The number of hydrogen-bond acceptors (Lipinski definition) is 18. The molecule has 15 N–H and O–H groups in total. The van der Waals surface area contributed by atoms with Crippen molar-refractivity contribution in [1.29, 1.82) is 0 Å². The summed E-state index contributed by atoms with van der Waals surface area (Å²) in [5.41, 5.74) is 11.4. The van der Waals surface area contributed by atoms with Gasteiger partial charge in [0.25, 0.3) is 5.79 Å². The zero-order valence-corrected chi connectivity index (χ0v) is 22.6. The average molecular weight is 640 g/mol. The molecule has 0 aromatic heterocycles. The monoisotopic (exact) mass is 640 g/mol. The van der Waals surface area contributed by atoms with Crippen molar-refractivity contribution in [1.82, 2.24) is 0 Å².